The van der Waals surface area contributed by atoms with Crippen molar-refractivity contribution in [1.82, 2.24) is 5.32 Å². The third kappa shape index (κ3) is 7.92. The maximum atomic E-state index is 5.32. The highest BCUT2D eigenvalue weighted by molar-refractivity contribution is 4.46. The van der Waals surface area contributed by atoms with E-state index in [0.717, 1.165) is 26.1 Å². The van der Waals surface area contributed by atoms with Gasteiger partial charge in [-0.05, 0) is 38.9 Å². The van der Waals surface area contributed by atoms with Gasteiger partial charge in [0.05, 0.1) is 0 Å². The number of unbranched alkanes of at least 4 members (excludes halogenated alkanes) is 1. The first-order valence-corrected chi connectivity index (χ1v) is 3.82. The molecule has 0 saturated carbocycles. The Labute approximate surface area is 57.8 Å². The van der Waals surface area contributed by atoms with Crippen LogP contribution in [0.1, 0.15) is 26.2 Å². The largest absolute Gasteiger partial charge is 0.330 e. The molecule has 0 unspecified atom stereocenters. The van der Waals surface area contributed by atoms with Crippen molar-refractivity contribution >= 4 is 0 Å². The Bertz CT molecular complexity index is 40.2. The Morgan fingerprint density at radius 3 is 2.56 bits per heavy atom. The molecule has 2 nitrogen and oxygen atoms in total. The predicted molar refractivity (Wildman–Crippen MR) is 41.4 cm³/mol. The minimum absolute atomic E-state index is 0.827. The van der Waals surface area contributed by atoms with Crippen LogP contribution in [0.3, 0.4) is 0 Å². The van der Waals surface area contributed by atoms with Crippen molar-refractivity contribution in [3.8, 4) is 0 Å². The molecule has 0 aliphatic carbocycles. The van der Waals surface area contributed by atoms with Gasteiger partial charge in [-0.25, -0.2) is 0 Å². The number of hydrogen-bond acceptors (Lipinski definition) is 2. The van der Waals surface area contributed by atoms with Crippen molar-refractivity contribution < 1.29 is 0 Å². The zero-order chi connectivity index (χ0) is 6.95. The molecule has 0 aromatic carbocycles. The maximum Gasteiger partial charge on any atom is -0.00485 e. The maximum absolute atomic E-state index is 5.32. The second-order valence-electron chi connectivity index (χ2n) is 2.25. The Balaban J connectivity index is 2.60. The topological polar surface area (TPSA) is 38.0 Å². The SMILES string of the molecule is CCCNCCCCN. The van der Waals surface area contributed by atoms with Crippen LogP contribution in [0.25, 0.3) is 0 Å². The lowest BCUT2D eigenvalue weighted by atomic mass is 10.3. The van der Waals surface area contributed by atoms with Gasteiger partial charge in [-0.15, -0.1) is 0 Å². The first-order valence-electron chi connectivity index (χ1n) is 3.82. The van der Waals surface area contributed by atoms with E-state index < -0.39 is 0 Å². The molecule has 2 heteroatoms. The van der Waals surface area contributed by atoms with Crippen LogP contribution in [0.15, 0.2) is 0 Å². The zero-order valence-corrected chi connectivity index (χ0v) is 6.32. The van der Waals surface area contributed by atoms with Crippen LogP contribution in [0.5, 0.6) is 0 Å². The molecule has 0 spiro atoms. The smallest absolute Gasteiger partial charge is 0.00485 e. The van der Waals surface area contributed by atoms with Crippen molar-refractivity contribution in [2.45, 2.75) is 26.2 Å². The minimum Gasteiger partial charge on any atom is -0.330 e. The molecule has 0 bridgehead atoms. The van der Waals surface area contributed by atoms with E-state index in [1.165, 1.54) is 12.8 Å². The molecular weight excluding hydrogens is 112 g/mol. The standard InChI is InChI=1S/C7H18N2/c1-2-6-9-7-4-3-5-8/h9H,2-8H2,1H3. The van der Waals surface area contributed by atoms with E-state index in [1.807, 2.05) is 0 Å². The molecule has 0 fully saturated rings. The van der Waals surface area contributed by atoms with Crippen LogP contribution in [0.4, 0.5) is 0 Å². The van der Waals surface area contributed by atoms with E-state index in [4.69, 9.17) is 5.73 Å². The van der Waals surface area contributed by atoms with Crippen molar-refractivity contribution in [3.05, 3.63) is 0 Å². The Hall–Kier alpha value is -0.0800. The Morgan fingerprint density at radius 1 is 1.22 bits per heavy atom. The van der Waals surface area contributed by atoms with Crippen LogP contribution in [-0.4, -0.2) is 19.6 Å². The summed E-state index contributed by atoms with van der Waals surface area (Å²) in [5.41, 5.74) is 5.32. The van der Waals surface area contributed by atoms with Gasteiger partial charge >= 0.3 is 0 Å². The fourth-order valence-corrected chi connectivity index (χ4v) is 0.696. The van der Waals surface area contributed by atoms with Crippen LogP contribution in [0, 0.1) is 0 Å². The molecule has 9 heavy (non-hydrogen) atoms. The number of nitrogens with two attached hydrogens (primary N) is 1. The van der Waals surface area contributed by atoms with Crippen molar-refractivity contribution in [3.63, 3.8) is 0 Å². The summed E-state index contributed by atoms with van der Waals surface area (Å²) in [5.74, 6) is 0. The van der Waals surface area contributed by atoms with Gasteiger partial charge in [-0.1, -0.05) is 6.92 Å². The quantitative estimate of drug-likeness (QED) is 0.520. The second kappa shape index (κ2) is 7.92. The summed E-state index contributed by atoms with van der Waals surface area (Å²) >= 11 is 0. The van der Waals surface area contributed by atoms with Gasteiger partial charge in [0.2, 0.25) is 0 Å². The Morgan fingerprint density at radius 2 is 2.00 bits per heavy atom. The van der Waals surface area contributed by atoms with E-state index in [2.05, 4.69) is 12.2 Å². The van der Waals surface area contributed by atoms with Gasteiger partial charge in [0.1, 0.15) is 0 Å². The first kappa shape index (κ1) is 8.92. The molecule has 0 amide bonds. The summed E-state index contributed by atoms with van der Waals surface area (Å²) in [6.07, 6.45) is 3.59. The van der Waals surface area contributed by atoms with Crippen LogP contribution >= 0.6 is 0 Å². The number of rotatable bonds is 6. The summed E-state index contributed by atoms with van der Waals surface area (Å²) < 4.78 is 0. The highest BCUT2D eigenvalue weighted by Gasteiger charge is 1.83. The van der Waals surface area contributed by atoms with E-state index in [1.54, 1.807) is 0 Å². The molecule has 3 N–H and O–H groups in total. The molecule has 0 aromatic heterocycles. The third-order valence-corrected chi connectivity index (χ3v) is 1.23. The molecule has 0 aliphatic heterocycles. The number of hydrogen-bond donors (Lipinski definition) is 2. The summed E-state index contributed by atoms with van der Waals surface area (Å²) in [6.45, 7) is 5.28. The molecule has 0 aromatic rings. The van der Waals surface area contributed by atoms with Gasteiger partial charge in [-0.3, -0.25) is 0 Å². The van der Waals surface area contributed by atoms with E-state index in [9.17, 15) is 0 Å². The molecule has 56 valence electrons. The summed E-state index contributed by atoms with van der Waals surface area (Å²) in [6, 6.07) is 0. The monoisotopic (exact) mass is 130 g/mol. The Kier molecular flexibility index (Phi) is 7.85. The molecule has 0 aliphatic rings. The highest BCUT2D eigenvalue weighted by atomic mass is 14.8. The lowest BCUT2D eigenvalue weighted by Gasteiger charge is -1.99. The highest BCUT2D eigenvalue weighted by Crippen LogP contribution is 1.81. The van der Waals surface area contributed by atoms with Gasteiger partial charge in [0.25, 0.3) is 0 Å². The molecule has 0 radical (unpaired) electrons. The average Bonchev–Trinajstić information content (AvgIpc) is 1.89. The normalized spacial score (nSPS) is 10.0. The van der Waals surface area contributed by atoms with E-state index in [0.29, 0.717) is 0 Å². The molecule has 0 saturated heterocycles. The summed E-state index contributed by atoms with van der Waals surface area (Å²) in [4.78, 5) is 0. The average molecular weight is 130 g/mol. The van der Waals surface area contributed by atoms with Gasteiger partial charge in [-0.2, -0.15) is 0 Å². The second-order valence-corrected chi connectivity index (χ2v) is 2.25. The fourth-order valence-electron chi connectivity index (χ4n) is 0.696. The first-order chi connectivity index (χ1) is 4.41. The summed E-state index contributed by atoms with van der Waals surface area (Å²) in [7, 11) is 0. The van der Waals surface area contributed by atoms with E-state index in [-0.39, 0.29) is 0 Å². The van der Waals surface area contributed by atoms with Gasteiger partial charge < -0.3 is 11.1 Å². The molecule has 0 heterocycles. The lowest BCUT2D eigenvalue weighted by Crippen LogP contribution is -2.16. The lowest BCUT2D eigenvalue weighted by molar-refractivity contribution is 0.621. The van der Waals surface area contributed by atoms with Gasteiger partial charge in [0, 0.05) is 0 Å². The minimum atomic E-state index is 0.827. The third-order valence-electron chi connectivity index (χ3n) is 1.23. The summed E-state index contributed by atoms with van der Waals surface area (Å²) in [5, 5.41) is 3.31. The van der Waals surface area contributed by atoms with Crippen molar-refractivity contribution in [2.24, 2.45) is 5.73 Å². The molecular formula is C7H18N2. The van der Waals surface area contributed by atoms with Crippen LogP contribution in [0.2, 0.25) is 0 Å². The van der Waals surface area contributed by atoms with Crippen LogP contribution in [-0.2, 0) is 0 Å². The zero-order valence-electron chi connectivity index (χ0n) is 6.32. The fraction of sp³-hybridized carbons (Fsp3) is 1.00. The van der Waals surface area contributed by atoms with Crippen LogP contribution < -0.4 is 11.1 Å². The van der Waals surface area contributed by atoms with Crippen molar-refractivity contribution in [2.75, 3.05) is 19.6 Å². The van der Waals surface area contributed by atoms with Crippen molar-refractivity contribution in [1.29, 1.82) is 0 Å². The van der Waals surface area contributed by atoms with E-state index >= 15 is 0 Å². The molecule has 0 rings (SSSR count). The predicted octanol–water partition coefficient (Wildman–Crippen LogP) is 0.725. The number of nitrogens with one attached hydrogen (secondary N) is 1. The molecule has 0 atom stereocenters. The van der Waals surface area contributed by atoms with Gasteiger partial charge in [0.15, 0.2) is 0 Å².